The van der Waals surface area contributed by atoms with Crippen LogP contribution in [-0.2, 0) is 6.42 Å². The molecule has 4 rings (SSSR count). The third kappa shape index (κ3) is 2.46. The first kappa shape index (κ1) is 14.6. The predicted molar refractivity (Wildman–Crippen MR) is 90.7 cm³/mol. The smallest absolute Gasteiger partial charge is 0.269 e. The molecule has 120 valence electrons. The minimum atomic E-state index is -0.432. The van der Waals surface area contributed by atoms with Gasteiger partial charge in [0.15, 0.2) is 11.5 Å². The van der Waals surface area contributed by atoms with Crippen molar-refractivity contribution in [1.29, 1.82) is 0 Å². The van der Waals surface area contributed by atoms with Gasteiger partial charge in [-0.2, -0.15) is 5.10 Å². The van der Waals surface area contributed by atoms with Crippen LogP contribution in [0.1, 0.15) is 16.7 Å². The third-order valence-electron chi connectivity index (χ3n) is 3.85. The molecule has 7 nitrogen and oxygen atoms in total. The lowest BCUT2D eigenvalue weighted by Crippen LogP contribution is -2.16. The number of hydrogen-bond acceptors (Lipinski definition) is 6. The Morgan fingerprint density at radius 1 is 1.17 bits per heavy atom. The number of ether oxygens (including phenoxy) is 2. The maximum atomic E-state index is 10.8. The van der Waals surface area contributed by atoms with Gasteiger partial charge in [0.1, 0.15) is 4.99 Å². The van der Waals surface area contributed by atoms with E-state index in [4.69, 9.17) is 21.7 Å². The summed E-state index contributed by atoms with van der Waals surface area (Å²) in [6.07, 6.45) is 0.529. The molecule has 8 heteroatoms. The standard InChI is InChI=1S/C16H11N3O4S/c20-19(21)11-3-1-9(2-4-11)16-12-7-14-13(22-8-23-14)5-10(12)6-15(24)17-18-16/h1-5,7H,6,8H2,(H,17,24). The number of hydrazone groups is 1. The molecule has 0 saturated carbocycles. The van der Waals surface area contributed by atoms with E-state index in [0.717, 1.165) is 16.7 Å². The fraction of sp³-hybridized carbons (Fsp3) is 0.125. The van der Waals surface area contributed by atoms with Crippen molar-refractivity contribution in [2.45, 2.75) is 6.42 Å². The molecule has 0 bridgehead atoms. The molecule has 1 N–H and O–H groups in total. The molecule has 0 fully saturated rings. The molecule has 2 aliphatic heterocycles. The second-order valence-corrected chi connectivity index (χ2v) is 5.83. The lowest BCUT2D eigenvalue weighted by Gasteiger charge is -2.10. The molecule has 0 aromatic heterocycles. The molecule has 0 aliphatic carbocycles. The average molecular weight is 341 g/mol. The lowest BCUT2D eigenvalue weighted by atomic mass is 9.95. The van der Waals surface area contributed by atoms with Gasteiger partial charge in [0, 0.05) is 29.7 Å². The number of fused-ring (bicyclic) bond motifs is 2. The highest BCUT2D eigenvalue weighted by Crippen LogP contribution is 2.36. The van der Waals surface area contributed by atoms with Gasteiger partial charge >= 0.3 is 0 Å². The molecule has 0 atom stereocenters. The van der Waals surface area contributed by atoms with E-state index in [1.165, 1.54) is 12.1 Å². The van der Waals surface area contributed by atoms with E-state index in [-0.39, 0.29) is 12.5 Å². The van der Waals surface area contributed by atoms with Gasteiger partial charge in [-0.3, -0.25) is 15.5 Å². The van der Waals surface area contributed by atoms with Crippen LogP contribution in [0.3, 0.4) is 0 Å². The van der Waals surface area contributed by atoms with E-state index in [9.17, 15) is 10.1 Å². The maximum Gasteiger partial charge on any atom is 0.269 e. The van der Waals surface area contributed by atoms with E-state index in [0.29, 0.717) is 28.6 Å². The van der Waals surface area contributed by atoms with Crippen LogP contribution in [0.4, 0.5) is 5.69 Å². The number of benzene rings is 2. The lowest BCUT2D eigenvalue weighted by molar-refractivity contribution is -0.384. The highest BCUT2D eigenvalue weighted by atomic mass is 32.1. The van der Waals surface area contributed by atoms with Gasteiger partial charge in [0.2, 0.25) is 6.79 Å². The van der Waals surface area contributed by atoms with Crippen LogP contribution >= 0.6 is 12.2 Å². The summed E-state index contributed by atoms with van der Waals surface area (Å²) < 4.78 is 10.9. The van der Waals surface area contributed by atoms with Gasteiger partial charge < -0.3 is 9.47 Å². The molecule has 0 saturated heterocycles. The molecular formula is C16H11N3O4S. The molecule has 24 heavy (non-hydrogen) atoms. The van der Waals surface area contributed by atoms with Gasteiger partial charge in [-0.1, -0.05) is 12.2 Å². The number of nitrogens with one attached hydrogen (secondary N) is 1. The second kappa shape index (κ2) is 5.57. The van der Waals surface area contributed by atoms with E-state index >= 15 is 0 Å². The summed E-state index contributed by atoms with van der Waals surface area (Å²) >= 11 is 5.27. The Balaban J connectivity index is 1.83. The normalized spacial score (nSPS) is 15.2. The number of nitro groups is 1. The van der Waals surface area contributed by atoms with Crippen LogP contribution in [0.15, 0.2) is 41.5 Å². The van der Waals surface area contributed by atoms with Crippen molar-refractivity contribution in [2.75, 3.05) is 6.79 Å². The minimum absolute atomic E-state index is 0.0300. The van der Waals surface area contributed by atoms with Crippen molar-refractivity contribution in [3.8, 4) is 11.5 Å². The summed E-state index contributed by atoms with van der Waals surface area (Å²) in [5, 5.41) is 15.2. The predicted octanol–water partition coefficient (Wildman–Crippen LogP) is 2.55. The second-order valence-electron chi connectivity index (χ2n) is 5.34. The summed E-state index contributed by atoms with van der Waals surface area (Å²) in [7, 11) is 0. The fourth-order valence-corrected chi connectivity index (χ4v) is 2.90. The summed E-state index contributed by atoms with van der Waals surface area (Å²) in [6.45, 7) is 0.185. The largest absolute Gasteiger partial charge is 0.454 e. The van der Waals surface area contributed by atoms with Crippen LogP contribution in [0, 0.1) is 10.1 Å². The van der Waals surface area contributed by atoms with E-state index < -0.39 is 4.92 Å². The Kier molecular flexibility index (Phi) is 3.39. The van der Waals surface area contributed by atoms with Gasteiger partial charge in [0.05, 0.1) is 10.6 Å². The number of hydrogen-bond donors (Lipinski definition) is 1. The van der Waals surface area contributed by atoms with Crippen LogP contribution in [-0.4, -0.2) is 22.4 Å². The molecular weight excluding hydrogens is 330 g/mol. The quantitative estimate of drug-likeness (QED) is 0.513. The molecule has 0 unspecified atom stereocenters. The van der Waals surface area contributed by atoms with Crippen LogP contribution in [0.25, 0.3) is 0 Å². The zero-order chi connectivity index (χ0) is 16.7. The SMILES string of the molecule is O=[N+]([O-])c1ccc(C2=NNC(=S)Cc3cc4c(cc32)OCO4)cc1. The van der Waals surface area contributed by atoms with Gasteiger partial charge in [0.25, 0.3) is 5.69 Å². The number of nitro benzene ring substituents is 1. The first-order valence-corrected chi connectivity index (χ1v) is 7.57. The van der Waals surface area contributed by atoms with Crippen LogP contribution < -0.4 is 14.9 Å². The highest BCUT2D eigenvalue weighted by molar-refractivity contribution is 7.80. The Bertz CT molecular complexity index is 893. The molecule has 2 heterocycles. The van der Waals surface area contributed by atoms with Crippen molar-refractivity contribution < 1.29 is 14.4 Å². The van der Waals surface area contributed by atoms with Gasteiger partial charge in [-0.25, -0.2) is 0 Å². The molecule has 0 spiro atoms. The molecule has 2 aromatic rings. The minimum Gasteiger partial charge on any atom is -0.454 e. The summed E-state index contributed by atoms with van der Waals surface area (Å²) in [6, 6.07) is 10.0. The van der Waals surface area contributed by atoms with Crippen molar-refractivity contribution in [3.63, 3.8) is 0 Å². The molecule has 2 aliphatic rings. The Hall–Kier alpha value is -3.00. The topological polar surface area (TPSA) is 86.0 Å². The number of rotatable bonds is 2. The van der Waals surface area contributed by atoms with E-state index in [1.54, 1.807) is 12.1 Å². The Morgan fingerprint density at radius 3 is 2.58 bits per heavy atom. The fourth-order valence-electron chi connectivity index (χ4n) is 2.70. The number of nitrogens with zero attached hydrogens (tertiary/aromatic N) is 2. The Labute approximate surface area is 142 Å². The average Bonchev–Trinajstić information content (AvgIpc) is 2.96. The van der Waals surface area contributed by atoms with Crippen LogP contribution in [0.5, 0.6) is 11.5 Å². The summed E-state index contributed by atoms with van der Waals surface area (Å²) in [5.41, 5.74) is 6.11. The Morgan fingerprint density at radius 2 is 1.88 bits per heavy atom. The van der Waals surface area contributed by atoms with Crippen LogP contribution in [0.2, 0.25) is 0 Å². The van der Waals surface area contributed by atoms with E-state index in [2.05, 4.69) is 10.5 Å². The van der Waals surface area contributed by atoms with E-state index in [1.807, 2.05) is 12.1 Å². The zero-order valence-electron chi connectivity index (χ0n) is 12.3. The first-order valence-electron chi connectivity index (χ1n) is 7.16. The van der Waals surface area contributed by atoms with Crippen molar-refractivity contribution >= 4 is 28.6 Å². The van der Waals surface area contributed by atoms with Gasteiger partial charge in [-0.15, -0.1) is 0 Å². The molecule has 0 amide bonds. The maximum absolute atomic E-state index is 10.8. The first-order chi connectivity index (χ1) is 11.6. The summed E-state index contributed by atoms with van der Waals surface area (Å²) in [5.74, 6) is 1.33. The molecule has 2 aromatic carbocycles. The summed E-state index contributed by atoms with van der Waals surface area (Å²) in [4.78, 5) is 11.0. The number of thiocarbonyl (C=S) groups is 1. The zero-order valence-corrected chi connectivity index (χ0v) is 13.1. The van der Waals surface area contributed by atoms with Crippen molar-refractivity contribution in [2.24, 2.45) is 5.10 Å². The molecule has 0 radical (unpaired) electrons. The van der Waals surface area contributed by atoms with Crippen molar-refractivity contribution in [3.05, 3.63) is 63.2 Å². The number of non-ortho nitro benzene ring substituents is 1. The monoisotopic (exact) mass is 341 g/mol. The highest BCUT2D eigenvalue weighted by Gasteiger charge is 2.23. The van der Waals surface area contributed by atoms with Crippen molar-refractivity contribution in [1.82, 2.24) is 5.43 Å². The van der Waals surface area contributed by atoms with Gasteiger partial charge in [-0.05, 0) is 29.8 Å². The third-order valence-corrected chi connectivity index (χ3v) is 4.08.